The lowest BCUT2D eigenvalue weighted by Gasteiger charge is -2.20. The molecule has 1 aliphatic heterocycles. The van der Waals surface area contributed by atoms with E-state index in [1.807, 2.05) is 12.1 Å². The fourth-order valence-electron chi connectivity index (χ4n) is 3.78. The van der Waals surface area contributed by atoms with E-state index in [4.69, 9.17) is 23.2 Å². The summed E-state index contributed by atoms with van der Waals surface area (Å²) < 4.78 is 26.7. The highest BCUT2D eigenvalue weighted by atomic mass is 35.5. The van der Waals surface area contributed by atoms with Gasteiger partial charge in [0.25, 0.3) is 0 Å². The first kappa shape index (κ1) is 27.9. The number of halogens is 2. The number of hydrogen-bond donors (Lipinski definition) is 1. The lowest BCUT2D eigenvalue weighted by atomic mass is 10.1. The van der Waals surface area contributed by atoms with Gasteiger partial charge < -0.3 is 10.0 Å². The maximum Gasteiger partial charge on any atom is 0.413 e. The Morgan fingerprint density at radius 1 is 1.08 bits per heavy atom. The van der Waals surface area contributed by atoms with E-state index >= 15 is 0 Å². The van der Waals surface area contributed by atoms with Crippen LogP contribution in [0, 0.1) is 0 Å². The van der Waals surface area contributed by atoms with Crippen LogP contribution in [0.15, 0.2) is 52.4 Å². The number of benzene rings is 2. The quantitative estimate of drug-likeness (QED) is 0.443. The van der Waals surface area contributed by atoms with Crippen LogP contribution < -0.4 is 0 Å². The van der Waals surface area contributed by atoms with Crippen LogP contribution in [0.1, 0.15) is 30.4 Å². The van der Waals surface area contributed by atoms with E-state index in [1.54, 1.807) is 24.1 Å². The summed E-state index contributed by atoms with van der Waals surface area (Å²) in [4.78, 5) is 31.0. The largest absolute Gasteiger partial charge is 0.465 e. The van der Waals surface area contributed by atoms with E-state index in [2.05, 4.69) is 4.99 Å². The first-order valence-electron chi connectivity index (χ1n) is 11.3. The number of unbranched alkanes of at least 4 members (excludes halogenated alkanes) is 1. The molecule has 0 aliphatic carbocycles. The van der Waals surface area contributed by atoms with Crippen molar-refractivity contribution in [3.05, 3.63) is 63.6 Å². The molecule has 0 spiro atoms. The Labute approximate surface area is 221 Å². The van der Waals surface area contributed by atoms with E-state index < -0.39 is 16.1 Å². The third-order valence-corrected chi connectivity index (χ3v) is 8.40. The summed E-state index contributed by atoms with van der Waals surface area (Å²) in [5.41, 5.74) is 1.62. The highest BCUT2D eigenvalue weighted by Crippen LogP contribution is 2.27. The molecule has 0 unspecified atom stereocenters. The summed E-state index contributed by atoms with van der Waals surface area (Å²) in [6.07, 6.45) is 0.297. The van der Waals surface area contributed by atoms with Gasteiger partial charge >= 0.3 is 6.09 Å². The predicted octanol–water partition coefficient (Wildman–Crippen LogP) is 4.18. The number of carboxylic acid groups (broad SMARTS) is 1. The molecule has 3 rings (SSSR count). The number of aliphatic imine (C=N–C) groups is 1. The standard InChI is InChI=1S/C24H28Cl2N4O5S/c1-28(16-17-6-8-18(9-7-17)23-27-12-14-30(23)24(32)33)22(31)5-3-4-13-29(2)36(34,35)21-11-10-19(25)15-20(21)26/h6-11,15H,3-5,12-14,16H2,1-2H3,(H,32,33). The van der Waals surface area contributed by atoms with Crippen molar-refractivity contribution in [3.63, 3.8) is 0 Å². The van der Waals surface area contributed by atoms with E-state index in [-0.39, 0.29) is 28.8 Å². The Morgan fingerprint density at radius 2 is 1.78 bits per heavy atom. The van der Waals surface area contributed by atoms with Gasteiger partial charge in [0.15, 0.2) is 0 Å². The van der Waals surface area contributed by atoms with Crippen molar-refractivity contribution in [2.75, 3.05) is 33.7 Å². The summed E-state index contributed by atoms with van der Waals surface area (Å²) in [5.74, 6) is 0.381. The van der Waals surface area contributed by atoms with Crippen molar-refractivity contribution in [2.45, 2.75) is 30.7 Å². The van der Waals surface area contributed by atoms with Crippen molar-refractivity contribution in [2.24, 2.45) is 4.99 Å². The van der Waals surface area contributed by atoms with Gasteiger partial charge in [-0.3, -0.25) is 14.7 Å². The first-order chi connectivity index (χ1) is 17.0. The normalized spacial score (nSPS) is 13.7. The topological polar surface area (TPSA) is 111 Å². The maximum absolute atomic E-state index is 12.7. The van der Waals surface area contributed by atoms with Crippen molar-refractivity contribution in [1.29, 1.82) is 0 Å². The number of amidine groups is 1. The van der Waals surface area contributed by atoms with E-state index in [0.29, 0.717) is 48.9 Å². The minimum Gasteiger partial charge on any atom is -0.465 e. The van der Waals surface area contributed by atoms with Gasteiger partial charge in [0.05, 0.1) is 18.1 Å². The zero-order valence-electron chi connectivity index (χ0n) is 20.0. The van der Waals surface area contributed by atoms with Gasteiger partial charge in [-0.1, -0.05) is 47.5 Å². The van der Waals surface area contributed by atoms with E-state index in [1.165, 1.54) is 34.5 Å². The van der Waals surface area contributed by atoms with Crippen molar-refractivity contribution >= 4 is 51.1 Å². The molecule has 36 heavy (non-hydrogen) atoms. The first-order valence-corrected chi connectivity index (χ1v) is 13.5. The zero-order chi connectivity index (χ0) is 26.5. The number of carbonyl (C=O) groups is 2. The molecule has 1 heterocycles. The molecule has 0 atom stereocenters. The number of carbonyl (C=O) groups excluding carboxylic acids is 1. The van der Waals surface area contributed by atoms with Crippen LogP contribution in [0.2, 0.25) is 10.0 Å². The van der Waals surface area contributed by atoms with Gasteiger partial charge in [-0.05, 0) is 36.6 Å². The molecule has 0 aromatic heterocycles. The second-order valence-corrected chi connectivity index (χ2v) is 11.3. The Kier molecular flexibility index (Phi) is 9.35. The molecule has 0 radical (unpaired) electrons. The van der Waals surface area contributed by atoms with E-state index in [0.717, 1.165) is 5.56 Å². The Bertz CT molecular complexity index is 1250. The molecule has 0 saturated heterocycles. The van der Waals surface area contributed by atoms with Crippen LogP contribution >= 0.6 is 23.2 Å². The molecule has 0 bridgehead atoms. The third-order valence-electron chi connectivity index (χ3n) is 5.83. The average molecular weight is 555 g/mol. The van der Waals surface area contributed by atoms with Crippen LogP contribution in [0.4, 0.5) is 4.79 Å². The minimum atomic E-state index is -3.76. The summed E-state index contributed by atoms with van der Waals surface area (Å²) in [7, 11) is -0.571. The molecule has 2 amide bonds. The Morgan fingerprint density at radius 3 is 2.42 bits per heavy atom. The summed E-state index contributed by atoms with van der Waals surface area (Å²) in [6, 6.07) is 11.5. The molecule has 2 aromatic carbocycles. The number of amides is 2. The van der Waals surface area contributed by atoms with Crippen molar-refractivity contribution < 1.29 is 23.1 Å². The van der Waals surface area contributed by atoms with Gasteiger partial charge in [0, 0.05) is 44.2 Å². The number of nitrogens with zero attached hydrogens (tertiary/aromatic N) is 4. The van der Waals surface area contributed by atoms with Crippen molar-refractivity contribution in [1.82, 2.24) is 14.1 Å². The van der Waals surface area contributed by atoms with Crippen LogP contribution in [0.5, 0.6) is 0 Å². The van der Waals surface area contributed by atoms with Crippen LogP contribution in [0.3, 0.4) is 0 Å². The molecule has 2 aromatic rings. The lowest BCUT2D eigenvalue weighted by Crippen LogP contribution is -2.33. The predicted molar refractivity (Wildman–Crippen MR) is 139 cm³/mol. The number of rotatable bonds is 10. The zero-order valence-corrected chi connectivity index (χ0v) is 22.4. The fourth-order valence-corrected chi connectivity index (χ4v) is 5.73. The summed E-state index contributed by atoms with van der Waals surface area (Å²) >= 11 is 11.9. The molecule has 194 valence electrons. The second kappa shape index (κ2) is 12.1. The molecule has 9 nitrogen and oxygen atoms in total. The lowest BCUT2D eigenvalue weighted by molar-refractivity contribution is -0.130. The smallest absolute Gasteiger partial charge is 0.413 e. The summed E-state index contributed by atoms with van der Waals surface area (Å²) in [6.45, 7) is 1.44. The average Bonchev–Trinajstić information content (AvgIpc) is 3.32. The molecular formula is C24H28Cl2N4O5S. The van der Waals surface area contributed by atoms with Gasteiger partial charge in [-0.15, -0.1) is 0 Å². The van der Waals surface area contributed by atoms with Gasteiger partial charge in [-0.25, -0.2) is 17.5 Å². The molecule has 12 heteroatoms. The molecule has 0 saturated carbocycles. The van der Waals surface area contributed by atoms with E-state index in [9.17, 15) is 23.1 Å². The Balaban J connectivity index is 1.46. The minimum absolute atomic E-state index is 0.00596. The fraction of sp³-hybridized carbons (Fsp3) is 0.375. The number of hydrogen-bond acceptors (Lipinski definition) is 5. The van der Waals surface area contributed by atoms with Crippen molar-refractivity contribution in [3.8, 4) is 0 Å². The SMILES string of the molecule is CN(Cc1ccc(C2=NCCN2C(=O)O)cc1)C(=O)CCCCN(C)S(=O)(=O)c1ccc(Cl)cc1Cl. The molecule has 0 fully saturated rings. The molecular weight excluding hydrogens is 527 g/mol. The van der Waals surface area contributed by atoms with Crippen LogP contribution in [-0.2, 0) is 21.4 Å². The van der Waals surface area contributed by atoms with Gasteiger partial charge in [-0.2, -0.15) is 0 Å². The third kappa shape index (κ3) is 6.76. The molecule has 1 N–H and O–H groups in total. The second-order valence-electron chi connectivity index (χ2n) is 8.44. The van der Waals surface area contributed by atoms with Gasteiger partial charge in [0.1, 0.15) is 10.7 Å². The summed E-state index contributed by atoms with van der Waals surface area (Å²) in [5, 5.41) is 9.69. The highest BCUT2D eigenvalue weighted by Gasteiger charge is 2.25. The Hall–Kier alpha value is -2.66. The highest BCUT2D eigenvalue weighted by molar-refractivity contribution is 7.89. The van der Waals surface area contributed by atoms with Crippen LogP contribution in [0.25, 0.3) is 0 Å². The van der Waals surface area contributed by atoms with Gasteiger partial charge in [0.2, 0.25) is 15.9 Å². The van der Waals surface area contributed by atoms with Crippen LogP contribution in [-0.4, -0.2) is 79.2 Å². The number of sulfonamides is 1. The monoisotopic (exact) mass is 554 g/mol. The maximum atomic E-state index is 12.7. The molecule has 1 aliphatic rings.